The molecule has 6 heterocycles. The Bertz CT molecular complexity index is 2520. The van der Waals surface area contributed by atoms with Crippen LogP contribution in [-0.2, 0) is 13.1 Å². The molecule has 16 heteroatoms. The van der Waals surface area contributed by atoms with Gasteiger partial charge in [0.15, 0.2) is 46.2 Å². The van der Waals surface area contributed by atoms with E-state index in [9.17, 15) is 9.59 Å². The van der Waals surface area contributed by atoms with Crippen LogP contribution < -0.4 is 22.8 Å². The maximum atomic E-state index is 12.4. The van der Waals surface area contributed by atoms with Crippen molar-refractivity contribution in [3.63, 3.8) is 0 Å². The third-order valence-electron chi connectivity index (χ3n) is 8.20. The summed E-state index contributed by atoms with van der Waals surface area (Å²) < 4.78 is 3.10. The number of hydrogen-bond donors (Lipinski definition) is 6. The van der Waals surface area contributed by atoms with E-state index in [0.29, 0.717) is 64.6 Å². The molecular formula is C33H30N14O2. The second-order valence-corrected chi connectivity index (χ2v) is 11.7. The largest absolute Gasteiger partial charge is 0.382 e. The van der Waals surface area contributed by atoms with Crippen molar-refractivity contribution in [3.05, 3.63) is 117 Å². The number of imidazole rings is 4. The zero-order valence-corrected chi connectivity index (χ0v) is 26.0. The second kappa shape index (κ2) is 12.1. The number of aromatic amines is 4. The highest BCUT2D eigenvalue weighted by molar-refractivity contribution is 5.84. The fraction of sp³-hybridized carbons (Fsp3) is 0.152. The maximum absolute atomic E-state index is 12.4. The number of nitrogens with two attached hydrogens (primary N) is 2. The molecule has 244 valence electrons. The lowest BCUT2D eigenvalue weighted by Gasteiger charge is -2.05. The van der Waals surface area contributed by atoms with Crippen molar-refractivity contribution in [1.82, 2.24) is 59.0 Å². The van der Waals surface area contributed by atoms with Crippen LogP contribution in [0.4, 0.5) is 11.6 Å². The number of nitrogens with zero attached hydrogens (tertiary/aromatic N) is 8. The van der Waals surface area contributed by atoms with Gasteiger partial charge in [-0.3, -0.25) is 9.13 Å². The molecule has 0 aliphatic heterocycles. The van der Waals surface area contributed by atoms with Crippen LogP contribution in [0.25, 0.3) is 45.6 Å². The maximum Gasteiger partial charge on any atom is 0.328 e. The molecule has 8 aromatic rings. The molecular weight excluding hydrogens is 624 g/mol. The average Bonchev–Trinajstić information content (AvgIpc) is 3.43. The van der Waals surface area contributed by atoms with E-state index >= 15 is 0 Å². The van der Waals surface area contributed by atoms with E-state index in [1.165, 1.54) is 17.4 Å². The number of hydrogen-bond acceptors (Lipinski definition) is 10. The molecule has 0 bridgehead atoms. The van der Waals surface area contributed by atoms with Crippen LogP contribution in [-0.4, -0.2) is 59.0 Å². The highest BCUT2D eigenvalue weighted by atomic mass is 16.1. The number of anilines is 2. The number of H-pyrrole nitrogens is 4. The van der Waals surface area contributed by atoms with Gasteiger partial charge in [0.05, 0.1) is 13.1 Å². The van der Waals surface area contributed by atoms with E-state index in [-0.39, 0.29) is 23.0 Å². The molecule has 1 aliphatic carbocycles. The minimum Gasteiger partial charge on any atom is -0.382 e. The van der Waals surface area contributed by atoms with Crippen LogP contribution in [0.15, 0.2) is 88.8 Å². The third kappa shape index (κ3) is 5.82. The van der Waals surface area contributed by atoms with Crippen molar-refractivity contribution in [2.45, 2.75) is 31.8 Å². The molecule has 0 atom stereocenters. The van der Waals surface area contributed by atoms with E-state index < -0.39 is 0 Å². The van der Waals surface area contributed by atoms with Crippen molar-refractivity contribution < 1.29 is 0 Å². The quantitative estimate of drug-likeness (QED) is 0.147. The van der Waals surface area contributed by atoms with Crippen molar-refractivity contribution in [1.29, 1.82) is 0 Å². The Balaban J connectivity index is 0.000000143. The summed E-state index contributed by atoms with van der Waals surface area (Å²) in [6.07, 6.45) is 7.46. The van der Waals surface area contributed by atoms with Gasteiger partial charge >= 0.3 is 11.4 Å². The number of nitrogen functional groups attached to an aromatic ring is 2. The summed E-state index contributed by atoms with van der Waals surface area (Å²) in [4.78, 5) is 62.3. The van der Waals surface area contributed by atoms with E-state index in [0.717, 1.165) is 16.8 Å². The van der Waals surface area contributed by atoms with Crippen molar-refractivity contribution in [2.75, 3.05) is 11.5 Å². The van der Waals surface area contributed by atoms with Gasteiger partial charge in [0.1, 0.15) is 11.0 Å². The summed E-state index contributed by atoms with van der Waals surface area (Å²) in [7, 11) is 0. The van der Waals surface area contributed by atoms with Crippen LogP contribution in [0.2, 0.25) is 0 Å². The van der Waals surface area contributed by atoms with Gasteiger partial charge in [-0.15, -0.1) is 0 Å². The highest BCUT2D eigenvalue weighted by Crippen LogP contribution is 2.39. The first-order valence-corrected chi connectivity index (χ1v) is 15.6. The van der Waals surface area contributed by atoms with Gasteiger partial charge in [0.2, 0.25) is 0 Å². The van der Waals surface area contributed by atoms with Crippen LogP contribution in [0.3, 0.4) is 0 Å². The molecule has 6 aromatic heterocycles. The molecule has 9 rings (SSSR count). The summed E-state index contributed by atoms with van der Waals surface area (Å²) in [6.45, 7) is 0.800. The van der Waals surface area contributed by atoms with Gasteiger partial charge in [-0.25, -0.2) is 39.5 Å². The molecule has 1 fully saturated rings. The van der Waals surface area contributed by atoms with E-state index in [1.54, 1.807) is 17.0 Å². The zero-order chi connectivity index (χ0) is 33.5. The fourth-order valence-electron chi connectivity index (χ4n) is 5.58. The van der Waals surface area contributed by atoms with Gasteiger partial charge in [-0.1, -0.05) is 60.7 Å². The van der Waals surface area contributed by atoms with Gasteiger partial charge in [0.25, 0.3) is 0 Å². The SMILES string of the molecule is Nc1nc(-c2ncc(C3CC3)[nH]2)nc2c1[nH]c(=O)n2Cc1ccccc1.Nc1nc(-c2ncc[nH]2)nc2c1[nH]c(=O)n2Cc1ccccc1. The lowest BCUT2D eigenvalue weighted by atomic mass is 10.2. The molecule has 16 nitrogen and oxygen atoms in total. The number of nitrogens with one attached hydrogen (secondary N) is 4. The lowest BCUT2D eigenvalue weighted by Crippen LogP contribution is -2.17. The second-order valence-electron chi connectivity index (χ2n) is 11.7. The Labute approximate surface area is 276 Å². The van der Waals surface area contributed by atoms with Gasteiger partial charge in [-0.2, -0.15) is 0 Å². The Hall–Kier alpha value is -6.84. The number of fused-ring (bicyclic) bond motifs is 2. The van der Waals surface area contributed by atoms with E-state index in [4.69, 9.17) is 11.5 Å². The van der Waals surface area contributed by atoms with Crippen molar-refractivity contribution in [2.24, 2.45) is 0 Å². The van der Waals surface area contributed by atoms with E-state index in [1.807, 2.05) is 66.9 Å². The van der Waals surface area contributed by atoms with Crippen molar-refractivity contribution >= 4 is 34.0 Å². The first-order valence-electron chi connectivity index (χ1n) is 15.6. The predicted molar refractivity (Wildman–Crippen MR) is 183 cm³/mol. The molecule has 1 saturated carbocycles. The summed E-state index contributed by atoms with van der Waals surface area (Å²) in [5, 5.41) is 0. The Morgan fingerprint density at radius 3 is 1.69 bits per heavy atom. The third-order valence-corrected chi connectivity index (χ3v) is 8.20. The standard InChI is InChI=1S/C18H17N7O.C15H13N7O/c19-14-13-17(25(18(26)22-13)9-10-4-2-1-3-5-10)24-16(23-14)15-20-8-12(21-15)11-6-7-11;16-11-10-14(21-13(20-11)12-17-6-7-18-12)22(15(23)19-10)8-9-4-2-1-3-5-9/h1-5,8,11H,6-7,9H2,(H,20,21)(H,22,26)(H2,19,23,24);1-7H,8H2,(H,17,18)(H,19,23)(H2,16,20,21). The average molecular weight is 655 g/mol. The minimum atomic E-state index is -0.276. The molecule has 0 unspecified atom stereocenters. The van der Waals surface area contributed by atoms with Crippen LogP contribution in [0, 0.1) is 0 Å². The first kappa shape index (κ1) is 29.6. The number of aromatic nitrogens is 12. The van der Waals surface area contributed by atoms with Gasteiger partial charge in [-0.05, 0) is 24.0 Å². The summed E-state index contributed by atoms with van der Waals surface area (Å²) in [6, 6.07) is 19.4. The highest BCUT2D eigenvalue weighted by Gasteiger charge is 2.26. The summed E-state index contributed by atoms with van der Waals surface area (Å²) in [5.41, 5.74) is 16.4. The first-order chi connectivity index (χ1) is 23.9. The Morgan fingerprint density at radius 2 is 1.20 bits per heavy atom. The molecule has 0 amide bonds. The normalized spacial score (nSPS) is 12.7. The lowest BCUT2D eigenvalue weighted by molar-refractivity contribution is 0.777. The van der Waals surface area contributed by atoms with Crippen LogP contribution >= 0.6 is 0 Å². The van der Waals surface area contributed by atoms with Gasteiger partial charge in [0, 0.05) is 30.2 Å². The van der Waals surface area contributed by atoms with Gasteiger partial charge < -0.3 is 31.4 Å². The Morgan fingerprint density at radius 1 is 0.673 bits per heavy atom. The molecule has 0 radical (unpaired) electrons. The zero-order valence-electron chi connectivity index (χ0n) is 26.0. The predicted octanol–water partition coefficient (Wildman–Crippen LogP) is 3.16. The molecule has 0 saturated heterocycles. The molecule has 49 heavy (non-hydrogen) atoms. The summed E-state index contributed by atoms with van der Waals surface area (Å²) >= 11 is 0. The van der Waals surface area contributed by atoms with Crippen LogP contribution in [0.5, 0.6) is 0 Å². The monoisotopic (exact) mass is 654 g/mol. The molecule has 8 N–H and O–H groups in total. The smallest absolute Gasteiger partial charge is 0.328 e. The minimum absolute atomic E-state index is 0.213. The summed E-state index contributed by atoms with van der Waals surface area (Å²) in [5.74, 6) is 2.81. The molecule has 2 aromatic carbocycles. The number of benzene rings is 2. The topological polar surface area (TPSA) is 237 Å². The van der Waals surface area contributed by atoms with E-state index in [2.05, 4.69) is 49.8 Å². The molecule has 0 spiro atoms. The van der Waals surface area contributed by atoms with Crippen molar-refractivity contribution in [3.8, 4) is 23.3 Å². The fourth-order valence-corrected chi connectivity index (χ4v) is 5.58. The molecule has 1 aliphatic rings. The number of rotatable bonds is 7. The Kier molecular flexibility index (Phi) is 7.28. The van der Waals surface area contributed by atoms with Crippen LogP contribution in [0.1, 0.15) is 35.6 Å².